The molecule has 2 N–H and O–H groups in total. The van der Waals surface area contributed by atoms with Crippen LogP contribution in [0.5, 0.6) is 0 Å². The quantitative estimate of drug-likeness (QED) is 0.188. The van der Waals surface area contributed by atoms with Gasteiger partial charge in [0.25, 0.3) is 5.84 Å². The van der Waals surface area contributed by atoms with Gasteiger partial charge in [-0.1, -0.05) is 19.9 Å². The van der Waals surface area contributed by atoms with Crippen LogP contribution in [0, 0.1) is 0 Å². The Morgan fingerprint density at radius 3 is 2.44 bits per heavy atom. The van der Waals surface area contributed by atoms with Crippen molar-refractivity contribution in [2.45, 2.75) is 51.7 Å². The molecular formula is C19H28F3N5. The minimum Gasteiger partial charge on any atom is -0.367 e. The van der Waals surface area contributed by atoms with Crippen LogP contribution in [0.1, 0.15) is 37.8 Å². The molecule has 1 aromatic rings. The molecule has 1 aliphatic carbocycles. The molecule has 8 heteroatoms. The molecule has 0 amide bonds. The Bertz CT molecular complexity index is 653. The Labute approximate surface area is 158 Å². The maximum atomic E-state index is 12.5. The molecule has 1 aromatic carbocycles. The topological polar surface area (TPSA) is 52.0 Å². The van der Waals surface area contributed by atoms with E-state index in [0.29, 0.717) is 6.04 Å². The van der Waals surface area contributed by atoms with Gasteiger partial charge in [0.05, 0.1) is 0 Å². The lowest BCUT2D eigenvalue weighted by molar-refractivity contribution is -0.0600. The smallest absolute Gasteiger partial charge is 0.367 e. The molecule has 5 nitrogen and oxygen atoms in total. The Hall–Kier alpha value is -2.09. The van der Waals surface area contributed by atoms with Crippen LogP contribution < -0.4 is 10.7 Å². The number of alkyl halides is 3. The van der Waals surface area contributed by atoms with Crippen LogP contribution in [-0.4, -0.2) is 49.4 Å². The summed E-state index contributed by atoms with van der Waals surface area (Å²) in [4.78, 5) is 5.40. The highest BCUT2D eigenvalue weighted by molar-refractivity contribution is 5.90. The van der Waals surface area contributed by atoms with E-state index in [9.17, 15) is 13.2 Å². The summed E-state index contributed by atoms with van der Waals surface area (Å²) in [5, 5.41) is 6.27. The van der Waals surface area contributed by atoms with Crippen molar-refractivity contribution in [1.82, 2.24) is 10.3 Å². The average molecular weight is 383 g/mol. The number of nitrogens with zero attached hydrogens (tertiary/aromatic N) is 3. The monoisotopic (exact) mass is 383 g/mol. The van der Waals surface area contributed by atoms with Gasteiger partial charge in [-0.25, -0.2) is 4.99 Å². The summed E-state index contributed by atoms with van der Waals surface area (Å²) >= 11 is 0. The Morgan fingerprint density at radius 1 is 1.19 bits per heavy atom. The van der Waals surface area contributed by atoms with Gasteiger partial charge in [0.1, 0.15) is 6.67 Å². The van der Waals surface area contributed by atoms with Gasteiger partial charge in [0.2, 0.25) is 0 Å². The lowest BCUT2D eigenvalue weighted by Crippen LogP contribution is -2.35. The molecule has 0 heterocycles. The SMILES string of the molecule is C=N/C(=N\NCNc1ccc2c(c1)CCC(N(CC)CC)CC2)C(F)(F)F. The van der Waals surface area contributed by atoms with Gasteiger partial charge < -0.3 is 10.2 Å². The van der Waals surface area contributed by atoms with Crippen molar-refractivity contribution in [3.63, 3.8) is 0 Å². The largest absolute Gasteiger partial charge is 0.453 e. The molecule has 0 saturated heterocycles. The predicted molar refractivity (Wildman–Crippen MR) is 104 cm³/mol. The zero-order valence-electron chi connectivity index (χ0n) is 15.9. The third-order valence-electron chi connectivity index (χ3n) is 4.99. The van der Waals surface area contributed by atoms with Crippen LogP contribution in [-0.2, 0) is 12.8 Å². The molecule has 0 aliphatic heterocycles. The molecule has 150 valence electrons. The van der Waals surface area contributed by atoms with E-state index in [4.69, 9.17) is 0 Å². The molecule has 0 bridgehead atoms. The van der Waals surface area contributed by atoms with E-state index in [1.807, 2.05) is 6.07 Å². The van der Waals surface area contributed by atoms with Gasteiger partial charge in [-0.2, -0.15) is 18.3 Å². The first-order valence-corrected chi connectivity index (χ1v) is 9.33. The average Bonchev–Trinajstić information content (AvgIpc) is 2.84. The number of hydrazone groups is 1. The molecule has 0 saturated carbocycles. The fraction of sp³-hybridized carbons (Fsp3) is 0.579. The van der Waals surface area contributed by atoms with Gasteiger partial charge in [-0.3, -0.25) is 5.43 Å². The first-order chi connectivity index (χ1) is 12.9. The van der Waals surface area contributed by atoms with Gasteiger partial charge in [-0.05, 0) is 68.7 Å². The molecule has 1 atom stereocenters. The summed E-state index contributed by atoms with van der Waals surface area (Å²) in [7, 11) is 0. The second-order valence-electron chi connectivity index (χ2n) is 6.54. The van der Waals surface area contributed by atoms with Gasteiger partial charge in [0.15, 0.2) is 0 Å². The van der Waals surface area contributed by atoms with Crippen molar-refractivity contribution < 1.29 is 13.2 Å². The highest BCUT2D eigenvalue weighted by Crippen LogP contribution is 2.26. The molecule has 0 fully saturated rings. The number of amidine groups is 1. The van der Waals surface area contributed by atoms with Crippen molar-refractivity contribution >= 4 is 18.2 Å². The van der Waals surface area contributed by atoms with Gasteiger partial charge in [0, 0.05) is 11.7 Å². The fourth-order valence-corrected chi connectivity index (χ4v) is 3.55. The van der Waals surface area contributed by atoms with Crippen LogP contribution in [0.3, 0.4) is 0 Å². The van der Waals surface area contributed by atoms with Crippen molar-refractivity contribution in [2.24, 2.45) is 10.1 Å². The summed E-state index contributed by atoms with van der Waals surface area (Å²) in [6.07, 6.45) is -0.261. The van der Waals surface area contributed by atoms with E-state index < -0.39 is 12.0 Å². The highest BCUT2D eigenvalue weighted by Gasteiger charge is 2.35. The molecule has 0 aromatic heterocycles. The summed E-state index contributed by atoms with van der Waals surface area (Å²) in [6, 6.07) is 6.75. The van der Waals surface area contributed by atoms with Crippen LogP contribution >= 0.6 is 0 Å². The van der Waals surface area contributed by atoms with Crippen molar-refractivity contribution in [3.8, 4) is 0 Å². The van der Waals surface area contributed by atoms with E-state index in [-0.39, 0.29) is 6.67 Å². The molecular weight excluding hydrogens is 355 g/mol. The van der Waals surface area contributed by atoms with E-state index in [1.165, 1.54) is 11.1 Å². The molecule has 0 spiro atoms. The predicted octanol–water partition coefficient (Wildman–Crippen LogP) is 3.81. The normalized spacial score (nSPS) is 18.0. The summed E-state index contributed by atoms with van der Waals surface area (Å²) in [5.74, 6) is -1.28. The first kappa shape index (κ1) is 21.2. The number of fused-ring (bicyclic) bond motifs is 1. The van der Waals surface area contributed by atoms with E-state index in [1.54, 1.807) is 0 Å². The maximum absolute atomic E-state index is 12.5. The summed E-state index contributed by atoms with van der Waals surface area (Å²) in [5.41, 5.74) is 5.86. The molecule has 27 heavy (non-hydrogen) atoms. The van der Waals surface area contributed by atoms with Crippen molar-refractivity contribution in [3.05, 3.63) is 29.3 Å². The number of aryl methyl sites for hydroxylation is 2. The number of benzene rings is 1. The Kier molecular flexibility index (Phi) is 7.65. The molecule has 1 aliphatic rings. The van der Waals surface area contributed by atoms with Crippen LogP contribution in [0.15, 0.2) is 28.3 Å². The van der Waals surface area contributed by atoms with Gasteiger partial charge >= 0.3 is 6.18 Å². The number of aliphatic imine (C=N–C) groups is 1. The fourth-order valence-electron chi connectivity index (χ4n) is 3.55. The Balaban J connectivity index is 1.94. The van der Waals surface area contributed by atoms with Crippen molar-refractivity contribution in [1.29, 1.82) is 0 Å². The number of nitrogens with one attached hydrogen (secondary N) is 2. The number of hydrogen-bond donors (Lipinski definition) is 2. The summed E-state index contributed by atoms with van der Waals surface area (Å²) in [6.45, 7) is 9.48. The van der Waals surface area contributed by atoms with E-state index in [0.717, 1.165) is 44.5 Å². The van der Waals surface area contributed by atoms with E-state index >= 15 is 0 Å². The number of hydrogen-bond acceptors (Lipinski definition) is 4. The lowest BCUT2D eigenvalue weighted by atomic mass is 10.0. The molecule has 1 unspecified atom stereocenters. The van der Waals surface area contributed by atoms with Crippen LogP contribution in [0.4, 0.5) is 18.9 Å². The Morgan fingerprint density at radius 2 is 1.85 bits per heavy atom. The molecule has 0 radical (unpaired) electrons. The second kappa shape index (κ2) is 9.73. The minimum absolute atomic E-state index is 0.0654. The first-order valence-electron chi connectivity index (χ1n) is 9.33. The zero-order chi connectivity index (χ0) is 19.9. The van der Waals surface area contributed by atoms with Crippen LogP contribution in [0.25, 0.3) is 0 Å². The van der Waals surface area contributed by atoms with Crippen molar-refractivity contribution in [2.75, 3.05) is 25.1 Å². The number of rotatable bonds is 7. The number of halogens is 3. The third kappa shape index (κ3) is 5.95. The molecule has 2 rings (SSSR count). The zero-order valence-corrected chi connectivity index (χ0v) is 15.9. The highest BCUT2D eigenvalue weighted by atomic mass is 19.4. The maximum Gasteiger partial charge on any atom is 0.453 e. The lowest BCUT2D eigenvalue weighted by Gasteiger charge is -2.28. The standard InChI is InChI=1S/C19H28F3N5/c1-4-27(5-2)17-10-7-14-6-9-16(12-15(14)8-11-17)24-13-25-26-18(23-3)19(20,21)22/h6,9,12,17,24-25H,3-5,7-8,10-11,13H2,1-2H3/b26-18-. The second-order valence-corrected chi connectivity index (χ2v) is 6.54. The van der Waals surface area contributed by atoms with Gasteiger partial charge in [-0.15, -0.1) is 0 Å². The third-order valence-corrected chi connectivity index (χ3v) is 4.99. The minimum atomic E-state index is -4.61. The summed E-state index contributed by atoms with van der Waals surface area (Å²) < 4.78 is 37.5. The van der Waals surface area contributed by atoms with Crippen LogP contribution in [0.2, 0.25) is 0 Å². The van der Waals surface area contributed by atoms with E-state index in [2.05, 4.69) is 58.4 Å². The number of anilines is 1.